The topological polar surface area (TPSA) is 87.0 Å². The molecule has 120 valence electrons. The molecule has 6 heteroatoms. The molecule has 0 saturated carbocycles. The summed E-state index contributed by atoms with van der Waals surface area (Å²) in [7, 11) is 1.68. The van der Waals surface area contributed by atoms with Gasteiger partial charge in [-0.1, -0.05) is 32.5 Å². The summed E-state index contributed by atoms with van der Waals surface area (Å²) in [5, 5.41) is 0. The second-order valence-corrected chi connectivity index (χ2v) is 5.45. The summed E-state index contributed by atoms with van der Waals surface area (Å²) in [4.78, 5) is 9.90. The second-order valence-electron chi connectivity index (χ2n) is 4.36. The lowest BCUT2D eigenvalue weighted by molar-refractivity contribution is 0.410. The number of hydrogen-bond donors (Lipinski definition) is 2. The van der Waals surface area contributed by atoms with Gasteiger partial charge >= 0.3 is 0 Å². The first kappa shape index (κ1) is 18.1. The molecule has 0 aliphatic carbocycles. The molecule has 0 bridgehead atoms. The minimum absolute atomic E-state index is 0.188. The molecule has 0 amide bonds. The monoisotopic (exact) mass is 320 g/mol. The van der Waals surface area contributed by atoms with Gasteiger partial charge in [-0.2, -0.15) is 4.98 Å². The molecule has 0 atom stereocenters. The molecule has 2 rings (SSSR count). The van der Waals surface area contributed by atoms with Gasteiger partial charge in [-0.15, -0.1) is 0 Å². The van der Waals surface area contributed by atoms with Crippen molar-refractivity contribution in [3.05, 3.63) is 29.5 Å². The van der Waals surface area contributed by atoms with Gasteiger partial charge in [-0.05, 0) is 36.6 Å². The van der Waals surface area contributed by atoms with Gasteiger partial charge in [0.2, 0.25) is 5.95 Å². The van der Waals surface area contributed by atoms with Crippen molar-refractivity contribution in [1.82, 2.24) is 9.97 Å². The highest BCUT2D eigenvalue weighted by atomic mass is 32.2. The van der Waals surface area contributed by atoms with Crippen molar-refractivity contribution in [2.24, 2.45) is 0 Å². The molecule has 0 aliphatic rings. The van der Waals surface area contributed by atoms with E-state index in [2.05, 4.69) is 29.0 Å². The van der Waals surface area contributed by atoms with E-state index in [1.54, 1.807) is 25.1 Å². The van der Waals surface area contributed by atoms with Gasteiger partial charge in [-0.3, -0.25) is 0 Å². The Morgan fingerprint density at radius 2 is 1.86 bits per heavy atom. The van der Waals surface area contributed by atoms with Gasteiger partial charge in [0, 0.05) is 11.1 Å². The Bertz CT molecular complexity index is 632. The van der Waals surface area contributed by atoms with E-state index in [-0.39, 0.29) is 5.95 Å². The Labute approximate surface area is 136 Å². The first-order chi connectivity index (χ1) is 10.5. The standard InChI is InChI=1S/C14H18N4OS.C2H6/c1-4-9-6-10(19-3)8(2)5-11(9)20-12-7-17-14(16)18-13(12)15;1-2/h5-7H,4H2,1-3H3,(H4,15,16,17,18);1-2H3. The van der Waals surface area contributed by atoms with E-state index in [9.17, 15) is 0 Å². The average Bonchev–Trinajstić information content (AvgIpc) is 2.52. The van der Waals surface area contributed by atoms with Crippen molar-refractivity contribution in [3.8, 4) is 5.75 Å². The molecule has 0 saturated heterocycles. The number of methoxy groups -OCH3 is 1. The minimum Gasteiger partial charge on any atom is -0.496 e. The van der Waals surface area contributed by atoms with E-state index < -0.39 is 0 Å². The molecule has 2 aromatic rings. The van der Waals surface area contributed by atoms with Crippen LogP contribution in [0.1, 0.15) is 31.9 Å². The van der Waals surface area contributed by atoms with Gasteiger partial charge in [0.25, 0.3) is 0 Å². The number of nitrogens with zero attached hydrogens (tertiary/aromatic N) is 2. The lowest BCUT2D eigenvalue weighted by atomic mass is 10.1. The van der Waals surface area contributed by atoms with Crippen LogP contribution >= 0.6 is 11.8 Å². The summed E-state index contributed by atoms with van der Waals surface area (Å²) in [6.07, 6.45) is 2.57. The van der Waals surface area contributed by atoms with Crippen LogP contribution in [0, 0.1) is 6.92 Å². The number of anilines is 2. The number of aryl methyl sites for hydroxylation is 2. The van der Waals surface area contributed by atoms with Crippen molar-refractivity contribution < 1.29 is 4.74 Å². The molecule has 1 aromatic heterocycles. The summed E-state index contributed by atoms with van der Waals surface area (Å²) in [6.45, 7) is 8.13. The van der Waals surface area contributed by atoms with E-state index in [1.165, 1.54) is 5.56 Å². The lowest BCUT2D eigenvalue weighted by Gasteiger charge is -2.13. The third-order valence-corrected chi connectivity index (χ3v) is 4.11. The zero-order valence-electron chi connectivity index (χ0n) is 13.8. The fourth-order valence-electron chi connectivity index (χ4n) is 1.89. The van der Waals surface area contributed by atoms with E-state index in [1.807, 2.05) is 20.8 Å². The SMILES string of the molecule is CC.CCc1cc(OC)c(C)cc1Sc1cnc(N)nc1N. The normalized spacial score (nSPS) is 9.86. The molecule has 1 heterocycles. The first-order valence-electron chi connectivity index (χ1n) is 7.28. The molecule has 0 unspecified atom stereocenters. The average molecular weight is 320 g/mol. The lowest BCUT2D eigenvalue weighted by Crippen LogP contribution is -2.00. The van der Waals surface area contributed by atoms with E-state index in [0.717, 1.165) is 27.5 Å². The third-order valence-electron chi connectivity index (χ3n) is 2.98. The summed E-state index contributed by atoms with van der Waals surface area (Å²) in [5.41, 5.74) is 13.7. The molecule has 4 N–H and O–H groups in total. The second kappa shape index (κ2) is 8.48. The van der Waals surface area contributed by atoms with Crippen LogP contribution in [0.4, 0.5) is 11.8 Å². The van der Waals surface area contributed by atoms with Crippen molar-refractivity contribution in [3.63, 3.8) is 0 Å². The number of ether oxygens (including phenoxy) is 1. The van der Waals surface area contributed by atoms with Gasteiger partial charge in [0.05, 0.1) is 12.0 Å². The predicted molar refractivity (Wildman–Crippen MR) is 93.4 cm³/mol. The third kappa shape index (κ3) is 4.27. The smallest absolute Gasteiger partial charge is 0.221 e. The maximum atomic E-state index is 5.88. The van der Waals surface area contributed by atoms with E-state index in [4.69, 9.17) is 16.2 Å². The number of aromatic nitrogens is 2. The van der Waals surface area contributed by atoms with Crippen molar-refractivity contribution >= 4 is 23.5 Å². The van der Waals surface area contributed by atoms with Crippen molar-refractivity contribution in [1.29, 1.82) is 0 Å². The van der Waals surface area contributed by atoms with Crippen LogP contribution in [0.5, 0.6) is 5.75 Å². The zero-order valence-corrected chi connectivity index (χ0v) is 14.6. The molecule has 0 spiro atoms. The Balaban J connectivity index is 0.00000116. The highest BCUT2D eigenvalue weighted by Gasteiger charge is 2.11. The highest BCUT2D eigenvalue weighted by Crippen LogP contribution is 2.36. The van der Waals surface area contributed by atoms with Crippen molar-refractivity contribution in [2.75, 3.05) is 18.6 Å². The minimum atomic E-state index is 0.188. The summed E-state index contributed by atoms with van der Waals surface area (Å²) in [5.74, 6) is 1.49. The van der Waals surface area contributed by atoms with Crippen LogP contribution in [0.2, 0.25) is 0 Å². The van der Waals surface area contributed by atoms with E-state index in [0.29, 0.717) is 5.82 Å². The molecule has 0 fully saturated rings. The molecule has 0 radical (unpaired) electrons. The van der Waals surface area contributed by atoms with E-state index >= 15 is 0 Å². The fraction of sp³-hybridized carbons (Fsp3) is 0.375. The maximum absolute atomic E-state index is 5.88. The van der Waals surface area contributed by atoms with Gasteiger partial charge in [0.15, 0.2) is 0 Å². The Morgan fingerprint density at radius 3 is 2.41 bits per heavy atom. The van der Waals surface area contributed by atoms with Crippen LogP contribution in [0.15, 0.2) is 28.1 Å². The van der Waals surface area contributed by atoms with Crippen molar-refractivity contribution in [2.45, 2.75) is 43.9 Å². The van der Waals surface area contributed by atoms with Gasteiger partial charge in [0.1, 0.15) is 11.6 Å². The van der Waals surface area contributed by atoms with Gasteiger partial charge < -0.3 is 16.2 Å². The van der Waals surface area contributed by atoms with Crippen LogP contribution in [-0.4, -0.2) is 17.1 Å². The summed E-state index contributed by atoms with van der Waals surface area (Å²) >= 11 is 1.55. The summed E-state index contributed by atoms with van der Waals surface area (Å²) in [6, 6.07) is 4.16. The van der Waals surface area contributed by atoms with Crippen LogP contribution < -0.4 is 16.2 Å². The number of benzene rings is 1. The molecule has 0 aliphatic heterocycles. The van der Waals surface area contributed by atoms with Crippen LogP contribution in [-0.2, 0) is 6.42 Å². The van der Waals surface area contributed by atoms with Gasteiger partial charge in [-0.25, -0.2) is 4.98 Å². The first-order valence-corrected chi connectivity index (χ1v) is 8.10. The quantitative estimate of drug-likeness (QED) is 0.893. The Kier molecular flexibility index (Phi) is 6.98. The molecule has 5 nitrogen and oxygen atoms in total. The number of nitrogens with two attached hydrogens (primary N) is 2. The largest absolute Gasteiger partial charge is 0.496 e. The zero-order chi connectivity index (χ0) is 16.7. The predicted octanol–water partition coefficient (Wildman–Crippen LogP) is 3.70. The number of hydrogen-bond acceptors (Lipinski definition) is 6. The maximum Gasteiger partial charge on any atom is 0.221 e. The van der Waals surface area contributed by atoms with Crippen LogP contribution in [0.25, 0.3) is 0 Å². The Morgan fingerprint density at radius 1 is 1.18 bits per heavy atom. The summed E-state index contributed by atoms with van der Waals surface area (Å²) < 4.78 is 5.36. The highest BCUT2D eigenvalue weighted by molar-refractivity contribution is 7.99. The number of nitrogen functional groups attached to an aromatic ring is 2. The molecular weight excluding hydrogens is 296 g/mol. The molecule has 22 heavy (non-hydrogen) atoms. The molecule has 1 aromatic carbocycles. The Hall–Kier alpha value is -1.95. The fourth-order valence-corrected chi connectivity index (χ4v) is 2.95. The molecular formula is C16H24N4OS. The van der Waals surface area contributed by atoms with Crippen LogP contribution in [0.3, 0.4) is 0 Å². The number of rotatable bonds is 4.